The molecule has 1 aliphatic heterocycles. The Morgan fingerprint density at radius 1 is 1.11 bits per heavy atom. The van der Waals surface area contributed by atoms with Crippen molar-refractivity contribution in [3.8, 4) is 0 Å². The number of nitrogens with one attached hydrogen (secondary N) is 1. The van der Waals surface area contributed by atoms with Crippen LogP contribution < -0.4 is 11.1 Å². The molecule has 28 heavy (non-hydrogen) atoms. The summed E-state index contributed by atoms with van der Waals surface area (Å²) < 4.78 is 5.69. The molecule has 1 aromatic carbocycles. The molecular weight excluding hydrogens is 378 g/mol. The molecule has 1 aliphatic carbocycles. The van der Waals surface area contributed by atoms with Crippen LogP contribution >= 0.6 is 12.4 Å². The van der Waals surface area contributed by atoms with Crippen molar-refractivity contribution < 1.29 is 14.3 Å². The average molecular weight is 410 g/mol. The molecule has 1 saturated heterocycles. The van der Waals surface area contributed by atoms with Gasteiger partial charge in [-0.2, -0.15) is 0 Å². The third-order valence-electron chi connectivity index (χ3n) is 5.56. The van der Waals surface area contributed by atoms with Gasteiger partial charge in [-0.1, -0.05) is 31.4 Å². The molecule has 2 amide bonds. The Morgan fingerprint density at radius 2 is 1.68 bits per heavy atom. The SMILES string of the molecule is CC1CN(C(=O)c2ccc(CNC(=O)C3(N)CCCCC3)cc2)CC(C)O1.Cl. The predicted octanol–water partition coefficient (Wildman–Crippen LogP) is 2.64. The molecule has 156 valence electrons. The van der Waals surface area contributed by atoms with Gasteiger partial charge in [-0.15, -0.1) is 12.4 Å². The summed E-state index contributed by atoms with van der Waals surface area (Å²) >= 11 is 0. The highest BCUT2D eigenvalue weighted by Gasteiger charge is 2.35. The van der Waals surface area contributed by atoms with E-state index in [9.17, 15) is 9.59 Å². The second kappa shape index (κ2) is 9.72. The third-order valence-corrected chi connectivity index (χ3v) is 5.56. The van der Waals surface area contributed by atoms with E-state index < -0.39 is 5.54 Å². The molecule has 3 rings (SSSR count). The minimum Gasteiger partial charge on any atom is -0.372 e. The number of carbonyl (C=O) groups excluding carboxylic acids is 2. The molecule has 2 atom stereocenters. The van der Waals surface area contributed by atoms with E-state index in [1.807, 2.05) is 43.0 Å². The van der Waals surface area contributed by atoms with Gasteiger partial charge in [-0.05, 0) is 44.4 Å². The van der Waals surface area contributed by atoms with Gasteiger partial charge in [0.15, 0.2) is 0 Å². The zero-order valence-electron chi connectivity index (χ0n) is 16.8. The zero-order valence-corrected chi connectivity index (χ0v) is 17.6. The lowest BCUT2D eigenvalue weighted by Crippen LogP contribution is -2.54. The molecule has 7 heteroatoms. The van der Waals surface area contributed by atoms with E-state index in [2.05, 4.69) is 5.32 Å². The molecule has 0 spiro atoms. The van der Waals surface area contributed by atoms with Crippen LogP contribution in [0, 0.1) is 0 Å². The topological polar surface area (TPSA) is 84.7 Å². The van der Waals surface area contributed by atoms with Gasteiger partial charge < -0.3 is 20.7 Å². The van der Waals surface area contributed by atoms with Crippen LogP contribution in [-0.4, -0.2) is 47.6 Å². The van der Waals surface area contributed by atoms with Gasteiger partial charge in [0.1, 0.15) is 0 Å². The van der Waals surface area contributed by atoms with Crippen molar-refractivity contribution in [1.82, 2.24) is 10.2 Å². The van der Waals surface area contributed by atoms with Crippen LogP contribution in [0.25, 0.3) is 0 Å². The second-order valence-corrected chi connectivity index (χ2v) is 8.06. The highest BCUT2D eigenvalue weighted by Crippen LogP contribution is 2.26. The first-order valence-corrected chi connectivity index (χ1v) is 9.98. The first-order chi connectivity index (χ1) is 12.9. The van der Waals surface area contributed by atoms with Crippen LogP contribution in [0.4, 0.5) is 0 Å². The van der Waals surface area contributed by atoms with Crippen molar-refractivity contribution in [2.75, 3.05) is 13.1 Å². The van der Waals surface area contributed by atoms with Gasteiger partial charge in [-0.3, -0.25) is 9.59 Å². The molecule has 0 radical (unpaired) electrons. The van der Waals surface area contributed by atoms with Crippen LogP contribution in [-0.2, 0) is 16.1 Å². The van der Waals surface area contributed by atoms with Crippen LogP contribution in [0.1, 0.15) is 61.9 Å². The fraction of sp³-hybridized carbons (Fsp3) is 0.619. The molecule has 0 bridgehead atoms. The maximum absolute atomic E-state index is 12.7. The largest absolute Gasteiger partial charge is 0.372 e. The Labute approximate surface area is 173 Å². The number of ether oxygens (including phenoxy) is 1. The van der Waals surface area contributed by atoms with Crippen molar-refractivity contribution in [2.24, 2.45) is 5.73 Å². The van der Waals surface area contributed by atoms with E-state index in [-0.39, 0.29) is 36.4 Å². The fourth-order valence-corrected chi connectivity index (χ4v) is 4.06. The molecule has 2 aliphatic rings. The first-order valence-electron chi connectivity index (χ1n) is 9.98. The van der Waals surface area contributed by atoms with Crippen molar-refractivity contribution in [2.45, 2.75) is 70.2 Å². The van der Waals surface area contributed by atoms with E-state index in [4.69, 9.17) is 10.5 Å². The van der Waals surface area contributed by atoms with Crippen LogP contribution in [0.3, 0.4) is 0 Å². The molecular formula is C21H32ClN3O3. The summed E-state index contributed by atoms with van der Waals surface area (Å²) in [4.78, 5) is 27.0. The van der Waals surface area contributed by atoms with Gasteiger partial charge in [0.2, 0.25) is 5.91 Å². The number of halogens is 1. The highest BCUT2D eigenvalue weighted by atomic mass is 35.5. The van der Waals surface area contributed by atoms with Crippen molar-refractivity contribution in [3.63, 3.8) is 0 Å². The Morgan fingerprint density at radius 3 is 2.25 bits per heavy atom. The van der Waals surface area contributed by atoms with E-state index in [1.165, 1.54) is 0 Å². The molecule has 1 saturated carbocycles. The maximum Gasteiger partial charge on any atom is 0.254 e. The Balaban J connectivity index is 0.00000280. The standard InChI is InChI=1S/C21H31N3O3.ClH/c1-15-13-24(14-16(2)27-15)19(25)18-8-6-17(7-9-18)12-23-20(26)21(22)10-4-3-5-11-21;/h6-9,15-16H,3-5,10-14,22H2,1-2H3,(H,23,26);1H. The molecule has 2 unspecified atom stereocenters. The zero-order chi connectivity index (χ0) is 19.4. The molecule has 2 fully saturated rings. The fourth-order valence-electron chi connectivity index (χ4n) is 4.06. The Hall–Kier alpha value is -1.63. The summed E-state index contributed by atoms with van der Waals surface area (Å²) in [6.45, 7) is 5.62. The molecule has 0 aromatic heterocycles. The first kappa shape index (κ1) is 22.7. The number of morpholine rings is 1. The van der Waals surface area contributed by atoms with E-state index in [0.717, 1.165) is 37.7 Å². The molecule has 6 nitrogen and oxygen atoms in total. The number of benzene rings is 1. The summed E-state index contributed by atoms with van der Waals surface area (Å²) in [6.07, 6.45) is 4.79. The van der Waals surface area contributed by atoms with Gasteiger partial charge >= 0.3 is 0 Å². The summed E-state index contributed by atoms with van der Waals surface area (Å²) in [5.41, 5.74) is 7.16. The predicted molar refractivity (Wildman–Crippen MR) is 111 cm³/mol. The second-order valence-electron chi connectivity index (χ2n) is 8.06. The highest BCUT2D eigenvalue weighted by molar-refractivity contribution is 5.94. The van der Waals surface area contributed by atoms with Gasteiger partial charge in [0.05, 0.1) is 17.7 Å². The third kappa shape index (κ3) is 5.46. The van der Waals surface area contributed by atoms with Crippen molar-refractivity contribution >= 4 is 24.2 Å². The molecule has 1 heterocycles. The normalized spacial score (nSPS) is 24.2. The lowest BCUT2D eigenvalue weighted by atomic mass is 9.82. The number of nitrogens with two attached hydrogens (primary N) is 1. The Bertz CT molecular complexity index is 664. The Kier molecular flexibility index (Phi) is 7.87. The lowest BCUT2D eigenvalue weighted by Gasteiger charge is -2.35. The summed E-state index contributed by atoms with van der Waals surface area (Å²) in [6, 6.07) is 7.44. The van der Waals surface area contributed by atoms with Gasteiger partial charge in [0.25, 0.3) is 5.91 Å². The van der Waals surface area contributed by atoms with Gasteiger partial charge in [0, 0.05) is 25.2 Å². The number of nitrogens with zero attached hydrogens (tertiary/aromatic N) is 1. The molecule has 1 aromatic rings. The van der Waals surface area contributed by atoms with Crippen LogP contribution in [0.5, 0.6) is 0 Å². The summed E-state index contributed by atoms with van der Waals surface area (Å²) in [7, 11) is 0. The van der Waals surface area contributed by atoms with Crippen LogP contribution in [0.2, 0.25) is 0 Å². The number of hydrogen-bond acceptors (Lipinski definition) is 4. The van der Waals surface area contributed by atoms with Crippen LogP contribution in [0.15, 0.2) is 24.3 Å². The van der Waals surface area contributed by atoms with E-state index in [0.29, 0.717) is 25.2 Å². The van der Waals surface area contributed by atoms with Crippen molar-refractivity contribution in [1.29, 1.82) is 0 Å². The summed E-state index contributed by atoms with van der Waals surface area (Å²) in [5, 5.41) is 2.96. The minimum atomic E-state index is -0.724. The lowest BCUT2D eigenvalue weighted by molar-refractivity contribution is -0.127. The van der Waals surface area contributed by atoms with E-state index in [1.54, 1.807) is 0 Å². The quantitative estimate of drug-likeness (QED) is 0.800. The minimum absolute atomic E-state index is 0. The van der Waals surface area contributed by atoms with E-state index >= 15 is 0 Å². The monoisotopic (exact) mass is 409 g/mol. The number of rotatable bonds is 4. The number of carbonyl (C=O) groups is 2. The number of hydrogen-bond donors (Lipinski definition) is 2. The van der Waals surface area contributed by atoms with Crippen molar-refractivity contribution in [3.05, 3.63) is 35.4 Å². The number of amides is 2. The summed E-state index contributed by atoms with van der Waals surface area (Å²) in [5.74, 6) is -0.0469. The smallest absolute Gasteiger partial charge is 0.254 e. The van der Waals surface area contributed by atoms with Gasteiger partial charge in [-0.25, -0.2) is 0 Å². The maximum atomic E-state index is 12.7. The average Bonchev–Trinajstić information content (AvgIpc) is 2.65. The molecule has 3 N–H and O–H groups in total.